The van der Waals surface area contributed by atoms with Crippen molar-refractivity contribution in [3.63, 3.8) is 0 Å². The number of methoxy groups -OCH3 is 1. The maximum Gasteiger partial charge on any atom is 0.410 e. The first-order valence-electron chi connectivity index (χ1n) is 12.2. The number of ether oxygens (including phenoxy) is 3. The van der Waals surface area contributed by atoms with Crippen LogP contribution in [-0.2, 0) is 9.47 Å². The van der Waals surface area contributed by atoms with Gasteiger partial charge in [0.15, 0.2) is 0 Å². The van der Waals surface area contributed by atoms with Crippen LogP contribution in [0, 0.1) is 6.92 Å². The van der Waals surface area contributed by atoms with E-state index < -0.39 is 0 Å². The van der Waals surface area contributed by atoms with Crippen molar-refractivity contribution in [2.24, 2.45) is 0 Å². The fourth-order valence-electron chi connectivity index (χ4n) is 5.78. The van der Waals surface area contributed by atoms with Gasteiger partial charge in [-0.15, -0.1) is 0 Å². The lowest BCUT2D eigenvalue weighted by molar-refractivity contribution is -0.0331. The second-order valence-corrected chi connectivity index (χ2v) is 9.55. The van der Waals surface area contributed by atoms with Crippen LogP contribution in [0.1, 0.15) is 34.6 Å². The number of rotatable bonds is 4. The molecular weight excluding hydrogens is 438 g/mol. The second kappa shape index (κ2) is 8.90. The molecule has 35 heavy (non-hydrogen) atoms. The van der Waals surface area contributed by atoms with Gasteiger partial charge in [-0.2, -0.15) is 0 Å². The third-order valence-electron chi connectivity index (χ3n) is 7.52. The van der Waals surface area contributed by atoms with Gasteiger partial charge >= 0.3 is 6.09 Å². The van der Waals surface area contributed by atoms with Gasteiger partial charge < -0.3 is 14.2 Å². The Kier molecular flexibility index (Phi) is 5.57. The fraction of sp³-hybridized carbons (Fsp3) is 0.300. The highest BCUT2D eigenvalue weighted by molar-refractivity contribution is 5.79. The van der Waals surface area contributed by atoms with Gasteiger partial charge in [-0.3, -0.25) is 4.90 Å². The highest BCUT2D eigenvalue weighted by Crippen LogP contribution is 2.44. The van der Waals surface area contributed by atoms with E-state index in [0.29, 0.717) is 19.8 Å². The molecule has 2 atom stereocenters. The Morgan fingerprint density at radius 2 is 1.71 bits per heavy atom. The van der Waals surface area contributed by atoms with Crippen molar-refractivity contribution in [1.29, 1.82) is 0 Å². The molecule has 0 N–H and O–H groups in total. The maximum absolute atomic E-state index is 13.4. The number of aryl methyl sites for hydroxylation is 1. The molecule has 3 aromatic carbocycles. The van der Waals surface area contributed by atoms with Gasteiger partial charge in [-0.05, 0) is 58.4 Å². The Labute approximate surface area is 205 Å². The van der Waals surface area contributed by atoms with E-state index in [0.717, 1.165) is 23.3 Å². The van der Waals surface area contributed by atoms with Crippen molar-refractivity contribution >= 4 is 11.7 Å². The molecule has 3 aromatic rings. The number of morpholine rings is 1. The second-order valence-electron chi connectivity index (χ2n) is 9.55. The van der Waals surface area contributed by atoms with E-state index in [1.165, 1.54) is 27.8 Å². The summed E-state index contributed by atoms with van der Waals surface area (Å²) < 4.78 is 17.3. The molecule has 5 heteroatoms. The van der Waals surface area contributed by atoms with E-state index in [1.807, 2.05) is 11.8 Å². The number of fused-ring (bicyclic) bond motifs is 5. The van der Waals surface area contributed by atoms with Gasteiger partial charge in [0.05, 0.1) is 32.4 Å². The molecule has 2 aliphatic heterocycles. The average molecular weight is 468 g/mol. The topological polar surface area (TPSA) is 48.0 Å². The molecule has 0 saturated carbocycles. The zero-order valence-electron chi connectivity index (χ0n) is 20.1. The lowest BCUT2D eigenvalue weighted by Crippen LogP contribution is -2.56. The summed E-state index contributed by atoms with van der Waals surface area (Å²) in [5, 5.41) is 0. The number of benzene rings is 3. The van der Waals surface area contributed by atoms with Crippen LogP contribution >= 0.6 is 0 Å². The summed E-state index contributed by atoms with van der Waals surface area (Å²) in [6.07, 6.45) is 2.62. The minimum atomic E-state index is -0.262. The van der Waals surface area contributed by atoms with E-state index in [2.05, 4.69) is 72.8 Å². The maximum atomic E-state index is 13.4. The SMILES string of the molecule is COc1cc(C2=CC3COCC(C2)N3C(=O)OCC2c3ccccc3-c3ccccc32)ccc1C. The molecule has 0 spiro atoms. The molecule has 1 aliphatic carbocycles. The largest absolute Gasteiger partial charge is 0.496 e. The Balaban J connectivity index is 1.22. The summed E-state index contributed by atoms with van der Waals surface area (Å²) in [7, 11) is 1.70. The average Bonchev–Trinajstić information content (AvgIpc) is 3.20. The van der Waals surface area contributed by atoms with Crippen molar-refractivity contribution in [3.8, 4) is 16.9 Å². The fourth-order valence-corrected chi connectivity index (χ4v) is 5.78. The Bertz CT molecular complexity index is 1270. The van der Waals surface area contributed by atoms with Gasteiger partial charge in [0.2, 0.25) is 0 Å². The molecular formula is C30H29NO4. The van der Waals surface area contributed by atoms with Crippen LogP contribution in [0.25, 0.3) is 16.7 Å². The monoisotopic (exact) mass is 467 g/mol. The van der Waals surface area contributed by atoms with E-state index in [1.54, 1.807) is 7.11 Å². The van der Waals surface area contributed by atoms with E-state index in [-0.39, 0.29) is 24.1 Å². The quantitative estimate of drug-likeness (QED) is 0.486. The minimum Gasteiger partial charge on any atom is -0.496 e. The van der Waals surface area contributed by atoms with Crippen molar-refractivity contribution in [2.45, 2.75) is 31.3 Å². The van der Waals surface area contributed by atoms with E-state index in [9.17, 15) is 4.79 Å². The van der Waals surface area contributed by atoms with Gasteiger partial charge in [-0.1, -0.05) is 66.7 Å². The summed E-state index contributed by atoms with van der Waals surface area (Å²) in [6.45, 7) is 3.36. The lowest BCUT2D eigenvalue weighted by atomic mass is 9.89. The van der Waals surface area contributed by atoms with Crippen LogP contribution in [0.15, 0.2) is 72.8 Å². The van der Waals surface area contributed by atoms with Crippen molar-refractivity contribution in [3.05, 3.63) is 95.1 Å². The molecule has 6 rings (SSSR count). The normalized spacial score (nSPS) is 20.6. The van der Waals surface area contributed by atoms with Crippen LogP contribution in [-0.4, -0.2) is 50.0 Å². The summed E-state index contributed by atoms with van der Waals surface area (Å²) in [5.74, 6) is 0.933. The summed E-state index contributed by atoms with van der Waals surface area (Å²) >= 11 is 0. The molecule has 0 aromatic heterocycles. The molecule has 2 unspecified atom stereocenters. The summed E-state index contributed by atoms with van der Waals surface area (Å²) in [5.41, 5.74) is 8.37. The Morgan fingerprint density at radius 1 is 1.00 bits per heavy atom. The number of hydrogen-bond acceptors (Lipinski definition) is 4. The Hall–Kier alpha value is -3.57. The molecule has 1 saturated heterocycles. The predicted octanol–water partition coefficient (Wildman–Crippen LogP) is 5.81. The summed E-state index contributed by atoms with van der Waals surface area (Å²) in [6, 6.07) is 22.9. The van der Waals surface area contributed by atoms with E-state index in [4.69, 9.17) is 14.2 Å². The number of carbonyl (C=O) groups is 1. The predicted molar refractivity (Wildman–Crippen MR) is 136 cm³/mol. The molecule has 2 heterocycles. The molecule has 1 amide bonds. The third-order valence-corrected chi connectivity index (χ3v) is 7.52. The molecule has 5 nitrogen and oxygen atoms in total. The number of carbonyl (C=O) groups excluding carboxylic acids is 1. The van der Waals surface area contributed by atoms with Crippen molar-refractivity contribution in [2.75, 3.05) is 26.9 Å². The lowest BCUT2D eigenvalue weighted by Gasteiger charge is -2.44. The molecule has 2 bridgehead atoms. The standard InChI is InChI=1S/C30H29NO4/c1-19-11-12-20(15-29(19)33-2)21-13-22-16-34-17-23(14-21)31(22)30(32)35-18-28-26-9-5-3-7-24(26)25-8-4-6-10-27(25)28/h3-13,15,22-23,28H,14,16-18H2,1-2H3. The number of hydrogen-bond donors (Lipinski definition) is 0. The zero-order valence-corrected chi connectivity index (χ0v) is 20.1. The van der Waals surface area contributed by atoms with Crippen molar-refractivity contribution in [1.82, 2.24) is 4.90 Å². The van der Waals surface area contributed by atoms with Crippen LogP contribution in [0.5, 0.6) is 5.75 Å². The minimum absolute atomic E-state index is 0.0447. The first-order chi connectivity index (χ1) is 17.1. The molecule has 0 radical (unpaired) electrons. The van der Waals surface area contributed by atoms with E-state index >= 15 is 0 Å². The molecule has 3 aliphatic rings. The first-order valence-corrected chi connectivity index (χ1v) is 12.2. The highest BCUT2D eigenvalue weighted by Gasteiger charge is 2.40. The molecule has 178 valence electrons. The zero-order chi connectivity index (χ0) is 23.9. The molecule has 1 fully saturated rings. The third kappa shape index (κ3) is 3.80. The van der Waals surface area contributed by atoms with Crippen LogP contribution in [0.3, 0.4) is 0 Å². The van der Waals surface area contributed by atoms with Gasteiger partial charge in [-0.25, -0.2) is 4.79 Å². The van der Waals surface area contributed by atoms with Gasteiger partial charge in [0, 0.05) is 5.92 Å². The van der Waals surface area contributed by atoms with Crippen molar-refractivity contribution < 1.29 is 19.0 Å². The van der Waals surface area contributed by atoms with Crippen LogP contribution in [0.2, 0.25) is 0 Å². The number of amides is 1. The Morgan fingerprint density at radius 3 is 2.40 bits per heavy atom. The van der Waals surface area contributed by atoms with Gasteiger partial charge in [0.25, 0.3) is 0 Å². The van der Waals surface area contributed by atoms with Crippen LogP contribution < -0.4 is 4.74 Å². The van der Waals surface area contributed by atoms with Crippen LogP contribution in [0.4, 0.5) is 4.79 Å². The van der Waals surface area contributed by atoms with Gasteiger partial charge in [0.1, 0.15) is 12.4 Å². The smallest absolute Gasteiger partial charge is 0.410 e. The first kappa shape index (κ1) is 21.9. The summed E-state index contributed by atoms with van der Waals surface area (Å²) in [4.78, 5) is 15.3. The number of nitrogens with zero attached hydrogens (tertiary/aromatic N) is 1. The highest BCUT2D eigenvalue weighted by atomic mass is 16.6.